The molecule has 0 amide bonds. The SMILES string of the molecule is C=CCn1c(=O)c2cnc(Nc3ccc(N4CCC5(CCN(C)CC5)CC4)cc3)nc2n1-c1cccc(OC(C)C)n1.C=CCn1c(=O)c2cnc(SC)nc2n1-c1cccc(OC(C)C)n1.CC(C)Oc1cccc(Br)n1.O=c1cccc(Br)[nH]1. The summed E-state index contributed by atoms with van der Waals surface area (Å²) in [6.45, 7) is 24.6. The number of pyridine rings is 4. The van der Waals surface area contributed by atoms with Crippen LogP contribution in [0.15, 0.2) is 164 Å². The molecule has 0 unspecified atom stereocenters. The number of thioether (sulfide) groups is 1. The van der Waals surface area contributed by atoms with E-state index in [2.05, 4.69) is 126 Å². The van der Waals surface area contributed by atoms with Gasteiger partial charge in [0, 0.05) is 61.1 Å². The number of aromatic nitrogens is 12. The maximum absolute atomic E-state index is 13.3. The molecule has 1 aromatic carbocycles. The monoisotopic (exact) mass is 1310 g/mol. The van der Waals surface area contributed by atoms with E-state index in [1.165, 1.54) is 67.0 Å². The Balaban J connectivity index is 0.000000182. The van der Waals surface area contributed by atoms with Gasteiger partial charge in [-0.05, 0) is 179 Å². The number of aromatic amines is 1. The second-order valence-electron chi connectivity index (χ2n) is 21.3. The molecule has 0 aliphatic carbocycles. The number of hydrogen-bond acceptors (Lipinski definition) is 17. The van der Waals surface area contributed by atoms with E-state index in [9.17, 15) is 14.4 Å². The van der Waals surface area contributed by atoms with E-state index in [0.717, 1.165) is 23.4 Å². The van der Waals surface area contributed by atoms with Crippen LogP contribution in [-0.2, 0) is 13.1 Å². The van der Waals surface area contributed by atoms with Gasteiger partial charge < -0.3 is 34.3 Å². The van der Waals surface area contributed by atoms with Gasteiger partial charge in [-0.3, -0.25) is 14.4 Å². The second kappa shape index (κ2) is 29.9. The van der Waals surface area contributed by atoms with Crippen LogP contribution in [0.3, 0.4) is 0 Å². The first-order chi connectivity index (χ1) is 41.4. The fourth-order valence-electron chi connectivity index (χ4n) is 9.73. The Hall–Kier alpha value is -7.93. The van der Waals surface area contributed by atoms with Crippen LogP contribution in [0, 0.1) is 5.41 Å². The summed E-state index contributed by atoms with van der Waals surface area (Å²) in [6, 6.07) is 29.9. The highest BCUT2D eigenvalue weighted by molar-refractivity contribution is 9.10. The molecule has 0 radical (unpaired) electrons. The molecule has 2 aliphatic rings. The van der Waals surface area contributed by atoms with Crippen LogP contribution in [0.2, 0.25) is 0 Å². The van der Waals surface area contributed by atoms with Gasteiger partial charge in [0.15, 0.2) is 28.1 Å². The van der Waals surface area contributed by atoms with E-state index < -0.39 is 0 Å². The number of piperidine rings is 2. The minimum absolute atomic E-state index is 0.00458. The second-order valence-corrected chi connectivity index (χ2v) is 23.7. The third-order valence-electron chi connectivity index (χ3n) is 13.8. The number of fused-ring (bicyclic) bond motifs is 2. The van der Waals surface area contributed by atoms with E-state index in [1.54, 1.807) is 62.9 Å². The number of benzene rings is 1. The maximum atomic E-state index is 13.3. The van der Waals surface area contributed by atoms with Crippen molar-refractivity contribution in [3.8, 4) is 29.3 Å². The van der Waals surface area contributed by atoms with Crippen molar-refractivity contribution in [1.29, 1.82) is 0 Å². The number of anilines is 3. The lowest BCUT2D eigenvalue weighted by Gasteiger charge is -2.46. The molecular weight excluding hydrogens is 1240 g/mol. The van der Waals surface area contributed by atoms with Gasteiger partial charge in [-0.2, -0.15) is 15.0 Å². The minimum Gasteiger partial charge on any atom is -0.475 e. The number of ether oxygens (including phenoxy) is 3. The lowest BCUT2D eigenvalue weighted by atomic mass is 9.71. The average Bonchev–Trinajstić information content (AvgIpc) is 2.01. The molecule has 9 aromatic rings. The Morgan fingerprint density at radius 3 is 1.59 bits per heavy atom. The van der Waals surface area contributed by atoms with Gasteiger partial charge in [0.05, 0.1) is 36.0 Å². The van der Waals surface area contributed by atoms with Crippen molar-refractivity contribution >= 4 is 83.0 Å². The van der Waals surface area contributed by atoms with Gasteiger partial charge >= 0.3 is 0 Å². The quantitative estimate of drug-likeness (QED) is 0.0397. The summed E-state index contributed by atoms with van der Waals surface area (Å²) in [6.07, 6.45) is 13.7. The molecule has 11 rings (SSSR count). The zero-order chi connectivity index (χ0) is 61.5. The third kappa shape index (κ3) is 16.7. The van der Waals surface area contributed by atoms with E-state index in [4.69, 9.17) is 19.2 Å². The molecule has 0 atom stereocenters. The van der Waals surface area contributed by atoms with Crippen molar-refractivity contribution in [2.75, 3.05) is 49.7 Å². The topological polar surface area (TPSA) is 223 Å². The van der Waals surface area contributed by atoms with Crippen LogP contribution in [0.5, 0.6) is 17.6 Å². The van der Waals surface area contributed by atoms with Crippen molar-refractivity contribution in [2.24, 2.45) is 5.41 Å². The molecule has 0 saturated carbocycles. The van der Waals surface area contributed by atoms with Crippen molar-refractivity contribution in [2.45, 2.75) is 104 Å². The molecule has 2 saturated heterocycles. The smallest absolute Gasteiger partial charge is 0.278 e. The summed E-state index contributed by atoms with van der Waals surface area (Å²) < 4.78 is 24.8. The summed E-state index contributed by atoms with van der Waals surface area (Å²) >= 11 is 7.78. The van der Waals surface area contributed by atoms with Gasteiger partial charge in [-0.15, -0.1) is 13.2 Å². The van der Waals surface area contributed by atoms with Crippen molar-refractivity contribution in [3.05, 3.63) is 175 Å². The largest absolute Gasteiger partial charge is 0.475 e. The number of H-pyrrole nitrogens is 1. The number of nitrogens with one attached hydrogen (secondary N) is 2. The van der Waals surface area contributed by atoms with Crippen molar-refractivity contribution in [1.82, 2.24) is 63.5 Å². The third-order valence-corrected chi connectivity index (χ3v) is 15.3. The van der Waals surface area contributed by atoms with Gasteiger partial charge in [0.2, 0.25) is 29.1 Å². The van der Waals surface area contributed by atoms with Crippen LogP contribution in [0.25, 0.3) is 33.7 Å². The van der Waals surface area contributed by atoms with Gasteiger partial charge in [0.1, 0.15) is 15.4 Å². The maximum Gasteiger partial charge on any atom is 0.278 e. The standard InChI is InChI=1S/C32H40N8O2.C17H19N5O2S.C8H10BrNO.C5H4BrNO/c1-5-17-39-30(41)26-22-33-31(36-29(26)40(39)27-7-6-8-28(35-27)42-23(2)3)34-24-9-11-25(12-10-24)38-20-15-32(16-21-38)13-18-37(4)19-14-32;1-5-9-21-16(23)12-10-18-17(25-4)20-15(12)22(21)13-7-6-8-14(19-13)24-11(2)3;1-6(2)11-8-5-3-4-7(9)10-8;6-4-2-1-3-5(8)7-4/h5-12,22-23H,1,13-21H2,2-4H3,(H,33,34,36);5-8,10-11H,1,9H2,2-4H3;3-6H,1-2H3;1-3H,(H,7,8). The Bertz CT molecular complexity index is 3920. The predicted octanol–water partition coefficient (Wildman–Crippen LogP) is 11.4. The molecule has 1 spiro atoms. The predicted molar refractivity (Wildman–Crippen MR) is 348 cm³/mol. The van der Waals surface area contributed by atoms with Crippen LogP contribution in [-0.4, -0.2) is 121 Å². The molecule has 2 aliphatic heterocycles. The molecular formula is C62H73Br2N15O6S. The van der Waals surface area contributed by atoms with Crippen molar-refractivity contribution in [3.63, 3.8) is 0 Å². The van der Waals surface area contributed by atoms with E-state index >= 15 is 0 Å². The fraction of sp³-hybridized carbons (Fsp3) is 0.355. The first-order valence-corrected chi connectivity index (χ1v) is 31.1. The van der Waals surface area contributed by atoms with Crippen LogP contribution in [0.1, 0.15) is 67.2 Å². The lowest BCUT2D eigenvalue weighted by molar-refractivity contribution is 0.0945. The molecule has 2 fully saturated rings. The Morgan fingerprint density at radius 2 is 1.12 bits per heavy atom. The number of halogens is 2. The van der Waals surface area contributed by atoms with Gasteiger partial charge in [-0.1, -0.05) is 48.2 Å². The number of likely N-dealkylation sites (tertiary alicyclic amines) is 1. The summed E-state index contributed by atoms with van der Waals surface area (Å²) in [4.78, 5) is 75.1. The molecule has 0 bridgehead atoms. The lowest BCUT2D eigenvalue weighted by Crippen LogP contribution is -2.46. The van der Waals surface area contributed by atoms with Crippen LogP contribution in [0.4, 0.5) is 17.3 Å². The number of hydrogen-bond donors (Lipinski definition) is 2. The molecule has 86 heavy (non-hydrogen) atoms. The zero-order valence-corrected chi connectivity index (χ0v) is 53.7. The normalized spacial score (nSPS) is 13.8. The highest BCUT2D eigenvalue weighted by Gasteiger charge is 2.37. The van der Waals surface area contributed by atoms with Crippen LogP contribution >= 0.6 is 43.6 Å². The minimum atomic E-state index is -0.207. The molecule has 2 N–H and O–H groups in total. The Labute approximate surface area is 520 Å². The van der Waals surface area contributed by atoms with Crippen molar-refractivity contribution < 1.29 is 14.2 Å². The molecule has 24 heteroatoms. The summed E-state index contributed by atoms with van der Waals surface area (Å²) in [5, 5.41) is 4.75. The molecule has 21 nitrogen and oxygen atoms in total. The summed E-state index contributed by atoms with van der Waals surface area (Å²) in [5.74, 6) is 3.11. The first-order valence-electron chi connectivity index (χ1n) is 28.3. The first kappa shape index (κ1) is 64.1. The molecule has 10 heterocycles. The summed E-state index contributed by atoms with van der Waals surface area (Å²) in [7, 11) is 2.23. The highest BCUT2D eigenvalue weighted by atomic mass is 79.9. The number of rotatable bonds is 16. The van der Waals surface area contributed by atoms with Crippen LogP contribution < -0.4 is 41.1 Å². The Kier molecular flexibility index (Phi) is 22.3. The van der Waals surface area contributed by atoms with E-state index in [0.29, 0.717) is 85.6 Å². The average molecular weight is 1320 g/mol. The molecule has 8 aromatic heterocycles. The molecule has 452 valence electrons. The highest BCUT2D eigenvalue weighted by Crippen LogP contribution is 2.42. The Morgan fingerprint density at radius 1 is 0.628 bits per heavy atom. The van der Waals surface area contributed by atoms with Gasteiger partial charge in [0.25, 0.3) is 11.1 Å². The van der Waals surface area contributed by atoms with E-state index in [-0.39, 0.29) is 35.0 Å². The zero-order valence-electron chi connectivity index (χ0n) is 49.7. The fourth-order valence-corrected chi connectivity index (χ4v) is 10.7. The summed E-state index contributed by atoms with van der Waals surface area (Å²) in [5.41, 5.74) is 3.16. The number of allylic oxidation sites excluding steroid dienone is 2. The van der Waals surface area contributed by atoms with E-state index in [1.807, 2.05) is 90.3 Å². The number of nitrogens with zero attached hydrogens (tertiary/aromatic N) is 13. The van der Waals surface area contributed by atoms with Gasteiger partial charge in [-0.25, -0.2) is 38.7 Å².